The minimum Gasteiger partial charge on any atom is -0.469 e. The number of esters is 2. The number of carbonyl (C=O) groups excluding carboxylic acids is 2. The molecule has 1 aromatic heterocycles. The van der Waals surface area contributed by atoms with E-state index in [9.17, 15) is 14.4 Å². The molecule has 25 heavy (non-hydrogen) atoms. The number of benzene rings is 1. The van der Waals surface area contributed by atoms with E-state index in [0.717, 1.165) is 17.3 Å². The van der Waals surface area contributed by atoms with E-state index in [1.807, 2.05) is 18.2 Å². The molecule has 0 saturated heterocycles. The maximum atomic E-state index is 12.3. The number of carbonyl (C=O) groups is 2. The monoisotopic (exact) mass is 362 g/mol. The van der Waals surface area contributed by atoms with E-state index in [-0.39, 0.29) is 23.9 Å². The van der Waals surface area contributed by atoms with Crippen LogP contribution in [0, 0.1) is 0 Å². The van der Waals surface area contributed by atoms with E-state index in [1.165, 1.54) is 13.2 Å². The molecular weight excluding hydrogens is 344 g/mol. The number of hydrogen-bond acceptors (Lipinski definition) is 7. The Morgan fingerprint density at radius 2 is 2.00 bits per heavy atom. The smallest absolute Gasteiger partial charge is 0.324 e. The van der Waals surface area contributed by atoms with Crippen molar-refractivity contribution in [3.05, 3.63) is 58.0 Å². The summed E-state index contributed by atoms with van der Waals surface area (Å²) < 4.78 is 9.70. The van der Waals surface area contributed by atoms with E-state index in [1.54, 1.807) is 19.1 Å². The van der Waals surface area contributed by atoms with Crippen LogP contribution in [-0.4, -0.2) is 35.6 Å². The lowest BCUT2D eigenvalue weighted by atomic mass is 10.1. The summed E-state index contributed by atoms with van der Waals surface area (Å²) in [5.74, 6) is -0.932. The maximum absolute atomic E-state index is 12.3. The molecule has 8 heteroatoms. The highest BCUT2D eigenvalue weighted by Crippen LogP contribution is 2.34. The third-order valence-electron chi connectivity index (χ3n) is 3.16. The molecule has 0 fully saturated rings. The van der Waals surface area contributed by atoms with Crippen molar-refractivity contribution in [2.75, 3.05) is 13.7 Å². The quantitative estimate of drug-likeness (QED) is 0.456. The lowest BCUT2D eigenvalue weighted by Gasteiger charge is -2.15. The predicted molar refractivity (Wildman–Crippen MR) is 92.3 cm³/mol. The summed E-state index contributed by atoms with van der Waals surface area (Å²) in [7, 11) is 1.26. The maximum Gasteiger partial charge on any atom is 0.324 e. The Bertz CT molecular complexity index is 791. The molecule has 7 nitrogen and oxygen atoms in total. The molecule has 0 unspecified atom stereocenters. The third kappa shape index (κ3) is 5.46. The van der Waals surface area contributed by atoms with Gasteiger partial charge in [-0.15, -0.1) is 0 Å². The van der Waals surface area contributed by atoms with Gasteiger partial charge in [0.15, 0.2) is 5.16 Å². The Hall–Kier alpha value is -2.61. The topological polar surface area (TPSA) is 98.3 Å². The van der Waals surface area contributed by atoms with E-state index in [4.69, 9.17) is 4.74 Å². The van der Waals surface area contributed by atoms with E-state index in [2.05, 4.69) is 14.7 Å². The Labute approximate surface area is 148 Å². The summed E-state index contributed by atoms with van der Waals surface area (Å²) in [4.78, 5) is 42.3. The number of ether oxygens (including phenoxy) is 2. The number of nitrogens with one attached hydrogen (secondary N) is 1. The lowest BCUT2D eigenvalue weighted by molar-refractivity contribution is -0.142. The number of H-pyrrole nitrogens is 1. The highest BCUT2D eigenvalue weighted by molar-refractivity contribution is 8.00. The Morgan fingerprint density at radius 3 is 2.64 bits per heavy atom. The van der Waals surface area contributed by atoms with Gasteiger partial charge in [0, 0.05) is 6.07 Å². The summed E-state index contributed by atoms with van der Waals surface area (Å²) in [6.45, 7) is 1.97. The molecule has 0 bridgehead atoms. The van der Waals surface area contributed by atoms with Crippen molar-refractivity contribution >= 4 is 23.7 Å². The second-order valence-electron chi connectivity index (χ2n) is 4.96. The largest absolute Gasteiger partial charge is 0.469 e. The molecule has 0 spiro atoms. The van der Waals surface area contributed by atoms with Gasteiger partial charge in [-0.3, -0.25) is 14.4 Å². The zero-order valence-electron chi connectivity index (χ0n) is 13.9. The van der Waals surface area contributed by atoms with Gasteiger partial charge < -0.3 is 14.5 Å². The van der Waals surface area contributed by atoms with Crippen LogP contribution >= 0.6 is 11.8 Å². The number of rotatable bonds is 7. The van der Waals surface area contributed by atoms with Gasteiger partial charge in [0.2, 0.25) is 0 Å². The van der Waals surface area contributed by atoms with Crippen LogP contribution in [0.2, 0.25) is 0 Å². The van der Waals surface area contributed by atoms with Crippen molar-refractivity contribution in [3.63, 3.8) is 0 Å². The molecule has 1 heterocycles. The fourth-order valence-corrected chi connectivity index (χ4v) is 3.07. The molecular formula is C17H18N2O5S. The number of thioether (sulfide) groups is 1. The zero-order chi connectivity index (χ0) is 18.2. The molecule has 1 aromatic carbocycles. The number of aromatic nitrogens is 2. The molecule has 2 rings (SSSR count). The normalized spacial score (nSPS) is 11.6. The van der Waals surface area contributed by atoms with Crippen LogP contribution in [0.25, 0.3) is 0 Å². The van der Waals surface area contributed by atoms with Gasteiger partial charge in [-0.05, 0) is 12.5 Å². The van der Waals surface area contributed by atoms with E-state index < -0.39 is 22.7 Å². The number of hydrogen-bond donors (Lipinski definition) is 1. The molecule has 0 radical (unpaired) electrons. The van der Waals surface area contributed by atoms with Crippen molar-refractivity contribution in [1.82, 2.24) is 9.97 Å². The molecule has 2 aromatic rings. The average molecular weight is 362 g/mol. The average Bonchev–Trinajstić information content (AvgIpc) is 2.60. The van der Waals surface area contributed by atoms with Crippen LogP contribution < -0.4 is 5.56 Å². The SMILES string of the molecule is CCOC(=O)[C@H](Sc1nc(CC(=O)OC)cc(=O)[nH]1)c1ccccc1. The van der Waals surface area contributed by atoms with Crippen LogP contribution in [0.1, 0.15) is 23.4 Å². The summed E-state index contributed by atoms with van der Waals surface area (Å²) in [5.41, 5.74) is 0.591. The highest BCUT2D eigenvalue weighted by Gasteiger charge is 2.24. The third-order valence-corrected chi connectivity index (χ3v) is 4.28. The van der Waals surface area contributed by atoms with Gasteiger partial charge >= 0.3 is 11.9 Å². The first-order valence-electron chi connectivity index (χ1n) is 7.58. The minimum atomic E-state index is -0.683. The second-order valence-corrected chi connectivity index (χ2v) is 6.05. The van der Waals surface area contributed by atoms with Crippen molar-refractivity contribution in [1.29, 1.82) is 0 Å². The highest BCUT2D eigenvalue weighted by atomic mass is 32.2. The molecule has 0 amide bonds. The second kappa shape index (κ2) is 9.03. The van der Waals surface area contributed by atoms with Crippen molar-refractivity contribution in [2.45, 2.75) is 23.8 Å². The van der Waals surface area contributed by atoms with Crippen molar-refractivity contribution < 1.29 is 19.1 Å². The van der Waals surface area contributed by atoms with E-state index >= 15 is 0 Å². The zero-order valence-corrected chi connectivity index (χ0v) is 14.7. The van der Waals surface area contributed by atoms with Gasteiger partial charge in [-0.25, -0.2) is 4.98 Å². The van der Waals surface area contributed by atoms with Gasteiger partial charge in [-0.2, -0.15) is 0 Å². The van der Waals surface area contributed by atoms with Gasteiger partial charge in [0.05, 0.1) is 25.8 Å². The predicted octanol–water partition coefficient (Wildman–Crippen LogP) is 1.88. The summed E-state index contributed by atoms with van der Waals surface area (Å²) in [5, 5.41) is -0.453. The van der Waals surface area contributed by atoms with Gasteiger partial charge in [0.25, 0.3) is 5.56 Å². The molecule has 1 N–H and O–H groups in total. The first-order chi connectivity index (χ1) is 12.0. The number of aromatic amines is 1. The first-order valence-corrected chi connectivity index (χ1v) is 8.46. The minimum absolute atomic E-state index is 0.122. The number of methoxy groups -OCH3 is 1. The van der Waals surface area contributed by atoms with Crippen LogP contribution in [0.4, 0.5) is 0 Å². The molecule has 0 aliphatic heterocycles. The molecule has 132 valence electrons. The summed E-state index contributed by atoms with van der Waals surface area (Å²) >= 11 is 1.06. The van der Waals surface area contributed by atoms with Gasteiger partial charge in [0.1, 0.15) is 5.25 Å². The van der Waals surface area contributed by atoms with Crippen molar-refractivity contribution in [2.24, 2.45) is 0 Å². The van der Waals surface area contributed by atoms with Crippen molar-refractivity contribution in [3.8, 4) is 0 Å². The fourth-order valence-electron chi connectivity index (χ4n) is 2.06. The van der Waals surface area contributed by atoms with Crippen LogP contribution in [-0.2, 0) is 25.5 Å². The first kappa shape index (κ1) is 18.7. The Balaban J connectivity index is 2.30. The molecule has 1 atom stereocenters. The summed E-state index contributed by atoms with van der Waals surface area (Å²) in [6, 6.07) is 10.3. The lowest BCUT2D eigenvalue weighted by Crippen LogP contribution is -2.17. The standard InChI is InChI=1S/C17H18N2O5S/c1-3-24-16(22)15(11-7-5-4-6-8-11)25-17-18-12(9-13(20)19-17)10-14(21)23-2/h4-9,15H,3,10H2,1-2H3,(H,18,19,20)/t15-/m1/s1. The Kier molecular flexibility index (Phi) is 6.76. The molecule has 0 saturated carbocycles. The molecule has 0 aliphatic rings. The summed E-state index contributed by atoms with van der Waals surface area (Å²) in [6.07, 6.45) is -0.122. The van der Waals surface area contributed by atoms with E-state index in [0.29, 0.717) is 0 Å². The van der Waals surface area contributed by atoms with Gasteiger partial charge in [-0.1, -0.05) is 42.1 Å². The number of nitrogens with zero attached hydrogens (tertiary/aromatic N) is 1. The van der Waals surface area contributed by atoms with Crippen LogP contribution in [0.5, 0.6) is 0 Å². The fraction of sp³-hybridized carbons (Fsp3) is 0.294. The Morgan fingerprint density at radius 1 is 1.28 bits per heavy atom. The molecule has 0 aliphatic carbocycles. The van der Waals surface area contributed by atoms with Crippen LogP contribution in [0.3, 0.4) is 0 Å². The van der Waals surface area contributed by atoms with Crippen LogP contribution in [0.15, 0.2) is 46.3 Å².